The number of aliphatic imine (C=N–C) groups is 1. The molecule has 37 heavy (non-hydrogen) atoms. The van der Waals surface area contributed by atoms with Crippen molar-refractivity contribution in [1.82, 2.24) is 5.32 Å². The lowest BCUT2D eigenvalue weighted by molar-refractivity contribution is -0.137. The molecule has 3 aromatic rings. The van der Waals surface area contributed by atoms with Gasteiger partial charge < -0.3 is 14.8 Å². The van der Waals surface area contributed by atoms with Crippen molar-refractivity contribution in [2.75, 3.05) is 6.61 Å². The number of hydrogen-bond acceptors (Lipinski definition) is 5. The number of halogens is 5. The molecule has 192 valence electrons. The molecule has 1 aliphatic rings. The first-order valence-electron chi connectivity index (χ1n) is 10.9. The molecule has 1 N–H and O–H groups in total. The second kappa shape index (κ2) is 11.5. The maximum Gasteiger partial charge on any atom is 0.417 e. The number of amides is 1. The Labute approximate surface area is 225 Å². The Morgan fingerprint density at radius 1 is 1.00 bits per heavy atom. The van der Waals surface area contributed by atoms with Crippen LogP contribution in [0.3, 0.4) is 0 Å². The van der Waals surface area contributed by atoms with E-state index in [1.807, 2.05) is 25.1 Å². The van der Waals surface area contributed by atoms with Gasteiger partial charge in [-0.05, 0) is 66.7 Å². The van der Waals surface area contributed by atoms with E-state index in [0.717, 1.165) is 29.5 Å². The summed E-state index contributed by atoms with van der Waals surface area (Å²) in [5.74, 6) is 0.575. The fourth-order valence-electron chi connectivity index (χ4n) is 3.32. The number of benzene rings is 3. The zero-order valence-corrected chi connectivity index (χ0v) is 21.6. The lowest BCUT2D eigenvalue weighted by atomic mass is 10.2. The molecular weight excluding hydrogens is 548 g/mol. The number of carbonyl (C=O) groups excluding carboxylic acids is 1. The minimum absolute atomic E-state index is 0.0134. The molecule has 1 fully saturated rings. The molecule has 3 aromatic carbocycles. The number of nitrogens with zero attached hydrogens (tertiary/aromatic N) is 1. The Bertz CT molecular complexity index is 1390. The van der Waals surface area contributed by atoms with E-state index in [2.05, 4.69) is 10.3 Å². The van der Waals surface area contributed by atoms with Gasteiger partial charge in [-0.25, -0.2) is 4.99 Å². The Morgan fingerprint density at radius 2 is 1.78 bits per heavy atom. The van der Waals surface area contributed by atoms with Crippen LogP contribution >= 0.6 is 35.0 Å². The van der Waals surface area contributed by atoms with Crippen molar-refractivity contribution in [3.8, 4) is 11.5 Å². The van der Waals surface area contributed by atoms with E-state index in [0.29, 0.717) is 33.6 Å². The highest BCUT2D eigenvalue weighted by atomic mass is 35.5. The van der Waals surface area contributed by atoms with Crippen LogP contribution in [0.5, 0.6) is 11.5 Å². The van der Waals surface area contributed by atoms with Crippen LogP contribution < -0.4 is 14.8 Å². The van der Waals surface area contributed by atoms with Crippen LogP contribution in [-0.2, 0) is 17.6 Å². The third-order valence-electron chi connectivity index (χ3n) is 5.04. The van der Waals surface area contributed by atoms with Crippen LogP contribution in [0.4, 0.5) is 18.9 Å². The third kappa shape index (κ3) is 6.80. The van der Waals surface area contributed by atoms with Gasteiger partial charge in [0.25, 0.3) is 5.91 Å². The summed E-state index contributed by atoms with van der Waals surface area (Å²) in [4.78, 5) is 16.9. The van der Waals surface area contributed by atoms with Gasteiger partial charge in [-0.3, -0.25) is 4.79 Å². The summed E-state index contributed by atoms with van der Waals surface area (Å²) in [7, 11) is 0. The van der Waals surface area contributed by atoms with E-state index in [1.54, 1.807) is 30.3 Å². The number of amidine groups is 1. The second-order valence-corrected chi connectivity index (χ2v) is 9.51. The molecule has 11 heteroatoms. The van der Waals surface area contributed by atoms with E-state index < -0.39 is 22.7 Å². The molecule has 1 amide bonds. The van der Waals surface area contributed by atoms with E-state index >= 15 is 0 Å². The van der Waals surface area contributed by atoms with Crippen molar-refractivity contribution in [3.05, 3.63) is 92.3 Å². The summed E-state index contributed by atoms with van der Waals surface area (Å²) >= 11 is 12.9. The van der Waals surface area contributed by atoms with Gasteiger partial charge in [-0.2, -0.15) is 13.2 Å². The quantitative estimate of drug-likeness (QED) is 0.295. The van der Waals surface area contributed by atoms with Gasteiger partial charge in [0.2, 0.25) is 0 Å². The predicted molar refractivity (Wildman–Crippen MR) is 141 cm³/mol. The molecule has 0 saturated carbocycles. The van der Waals surface area contributed by atoms with E-state index in [4.69, 9.17) is 32.7 Å². The predicted octanol–water partition coefficient (Wildman–Crippen LogP) is 7.88. The summed E-state index contributed by atoms with van der Waals surface area (Å²) in [5.41, 5.74) is 0.505. The van der Waals surface area contributed by atoms with Crippen molar-refractivity contribution in [2.45, 2.75) is 19.7 Å². The molecule has 5 nitrogen and oxygen atoms in total. The maximum absolute atomic E-state index is 13.1. The zero-order chi connectivity index (χ0) is 26.6. The van der Waals surface area contributed by atoms with Crippen molar-refractivity contribution < 1.29 is 27.4 Å². The SMILES string of the molecule is CCOc1cc(/C=C2\SC(=Nc3ccc(Cl)c(C(F)(F)F)c3)NC2=O)ccc1OCc1ccccc1Cl. The Kier molecular flexibility index (Phi) is 8.36. The first-order valence-corrected chi connectivity index (χ1v) is 12.5. The Hall–Kier alpha value is -3.14. The van der Waals surface area contributed by atoms with Crippen LogP contribution in [0, 0.1) is 0 Å². The highest BCUT2D eigenvalue weighted by Gasteiger charge is 2.33. The molecule has 0 aliphatic carbocycles. The third-order valence-corrected chi connectivity index (χ3v) is 6.65. The summed E-state index contributed by atoms with van der Waals surface area (Å²) in [6, 6.07) is 15.9. The van der Waals surface area contributed by atoms with Gasteiger partial charge in [-0.15, -0.1) is 0 Å². The molecule has 1 saturated heterocycles. The fourth-order valence-corrected chi connectivity index (χ4v) is 4.58. The maximum atomic E-state index is 13.1. The van der Waals surface area contributed by atoms with Crippen LogP contribution in [0.15, 0.2) is 70.6 Å². The molecular formula is C26H19Cl2F3N2O3S. The lowest BCUT2D eigenvalue weighted by Gasteiger charge is -2.13. The summed E-state index contributed by atoms with van der Waals surface area (Å²) in [6.45, 7) is 2.49. The summed E-state index contributed by atoms with van der Waals surface area (Å²) in [6.07, 6.45) is -2.99. The minimum atomic E-state index is -4.62. The van der Waals surface area contributed by atoms with Crippen LogP contribution in [0.2, 0.25) is 10.0 Å². The second-order valence-electron chi connectivity index (χ2n) is 7.66. The topological polar surface area (TPSA) is 59.9 Å². The monoisotopic (exact) mass is 566 g/mol. The molecule has 0 radical (unpaired) electrons. The zero-order valence-electron chi connectivity index (χ0n) is 19.2. The van der Waals surface area contributed by atoms with E-state index in [9.17, 15) is 18.0 Å². The molecule has 0 atom stereocenters. The lowest BCUT2D eigenvalue weighted by Crippen LogP contribution is -2.19. The highest BCUT2D eigenvalue weighted by molar-refractivity contribution is 8.18. The van der Waals surface area contributed by atoms with Crippen LogP contribution in [-0.4, -0.2) is 17.7 Å². The number of rotatable bonds is 7. The average molecular weight is 567 g/mol. The smallest absolute Gasteiger partial charge is 0.417 e. The van der Waals surface area contributed by atoms with E-state index in [-0.39, 0.29) is 17.5 Å². The van der Waals surface area contributed by atoms with Crippen molar-refractivity contribution in [1.29, 1.82) is 0 Å². The van der Waals surface area contributed by atoms with Crippen molar-refractivity contribution >= 4 is 57.8 Å². The first kappa shape index (κ1) is 26.9. The standard InChI is InChI=1S/C26H19Cl2F3N2O3S/c1-2-35-22-11-15(7-10-21(22)36-14-16-5-3-4-6-19(16)27)12-23-24(34)33-25(37-23)32-17-8-9-20(28)18(13-17)26(29,30)31/h3-13H,2,14H2,1H3,(H,32,33,34)/b23-12-. The van der Waals surface area contributed by atoms with Gasteiger partial charge in [0, 0.05) is 10.6 Å². The molecule has 1 aliphatic heterocycles. The molecule has 1 heterocycles. The number of nitrogens with one attached hydrogen (secondary N) is 1. The van der Waals surface area contributed by atoms with Crippen LogP contribution in [0.25, 0.3) is 6.08 Å². The van der Waals surface area contributed by atoms with Gasteiger partial charge >= 0.3 is 6.18 Å². The highest BCUT2D eigenvalue weighted by Crippen LogP contribution is 2.38. The fraction of sp³-hybridized carbons (Fsp3) is 0.154. The van der Waals surface area contributed by atoms with Crippen molar-refractivity contribution in [2.24, 2.45) is 4.99 Å². The molecule has 0 unspecified atom stereocenters. The number of carbonyl (C=O) groups is 1. The van der Waals surface area contributed by atoms with E-state index in [1.165, 1.54) is 6.07 Å². The number of hydrogen-bond donors (Lipinski definition) is 1. The number of ether oxygens (including phenoxy) is 2. The molecule has 0 bridgehead atoms. The normalized spacial score (nSPS) is 15.8. The van der Waals surface area contributed by atoms with Crippen LogP contribution in [0.1, 0.15) is 23.6 Å². The van der Waals surface area contributed by atoms with Gasteiger partial charge in [0.15, 0.2) is 16.7 Å². The minimum Gasteiger partial charge on any atom is -0.490 e. The molecule has 4 rings (SSSR count). The Balaban J connectivity index is 1.53. The van der Waals surface area contributed by atoms with Gasteiger partial charge in [0.05, 0.1) is 27.8 Å². The number of thioether (sulfide) groups is 1. The van der Waals surface area contributed by atoms with Crippen molar-refractivity contribution in [3.63, 3.8) is 0 Å². The molecule has 0 aromatic heterocycles. The largest absolute Gasteiger partial charge is 0.490 e. The van der Waals surface area contributed by atoms with Gasteiger partial charge in [-0.1, -0.05) is 47.5 Å². The average Bonchev–Trinajstić information content (AvgIpc) is 3.18. The summed E-state index contributed by atoms with van der Waals surface area (Å²) < 4.78 is 51.0. The Morgan fingerprint density at radius 3 is 2.51 bits per heavy atom. The number of alkyl halides is 3. The molecule has 0 spiro atoms. The first-order chi connectivity index (χ1) is 17.6. The summed E-state index contributed by atoms with van der Waals surface area (Å²) in [5, 5.41) is 2.88. The van der Waals surface area contributed by atoms with Gasteiger partial charge in [0.1, 0.15) is 6.61 Å².